The molecule has 2 heterocycles. The summed E-state index contributed by atoms with van der Waals surface area (Å²) in [5.74, 6) is -1.11. The first-order chi connectivity index (χ1) is 11.4. The molecule has 1 unspecified atom stereocenters. The number of halogens is 1. The number of benzene rings is 1. The molecular weight excluding hydrogens is 336 g/mol. The maximum atomic E-state index is 12.3. The average molecular weight is 351 g/mol. The summed E-state index contributed by atoms with van der Waals surface area (Å²) in [5.41, 5.74) is 0.682. The molecule has 0 spiro atoms. The van der Waals surface area contributed by atoms with Crippen LogP contribution in [0.1, 0.15) is 6.42 Å². The Labute approximate surface area is 142 Å². The number of carbonyl (C=O) groups excluding carboxylic acids is 4. The molecule has 2 saturated heterocycles. The van der Waals surface area contributed by atoms with Crippen molar-refractivity contribution in [3.63, 3.8) is 0 Å². The fourth-order valence-electron chi connectivity index (χ4n) is 2.71. The normalized spacial score (nSPS) is 20.9. The Kier molecular flexibility index (Phi) is 4.39. The van der Waals surface area contributed by atoms with Crippen LogP contribution < -0.4 is 15.5 Å². The van der Waals surface area contributed by atoms with Crippen molar-refractivity contribution in [1.82, 2.24) is 15.5 Å². The average Bonchev–Trinajstić information content (AvgIpc) is 2.84. The van der Waals surface area contributed by atoms with Gasteiger partial charge in [-0.05, 0) is 18.2 Å². The molecule has 2 aliphatic heterocycles. The van der Waals surface area contributed by atoms with Gasteiger partial charge in [-0.3, -0.25) is 19.7 Å². The van der Waals surface area contributed by atoms with Crippen molar-refractivity contribution in [2.45, 2.75) is 12.5 Å². The number of rotatable bonds is 3. The smallest absolute Gasteiger partial charge is 0.322 e. The van der Waals surface area contributed by atoms with E-state index in [1.807, 2.05) is 0 Å². The lowest BCUT2D eigenvalue weighted by Gasteiger charge is -2.34. The number of hydrogen-bond acceptors (Lipinski definition) is 4. The van der Waals surface area contributed by atoms with Crippen LogP contribution >= 0.6 is 11.6 Å². The number of nitrogens with one attached hydrogen (secondary N) is 2. The molecule has 0 aliphatic carbocycles. The Bertz CT molecular complexity index is 723. The third-order valence-electron chi connectivity index (χ3n) is 3.93. The summed E-state index contributed by atoms with van der Waals surface area (Å²) in [5, 5.41) is 4.97. The summed E-state index contributed by atoms with van der Waals surface area (Å²) in [6, 6.07) is 5.44. The SMILES string of the molecule is O=C1NC(=O)C(CC(=O)N2CCN(c3cccc(Cl)c3)C(=O)C2)N1. The predicted octanol–water partition coefficient (Wildman–Crippen LogP) is 0.113. The van der Waals surface area contributed by atoms with Crippen molar-refractivity contribution in [2.75, 3.05) is 24.5 Å². The standard InChI is InChI=1S/C15H15ClN4O4/c16-9-2-1-3-10(6-9)20-5-4-19(8-13(20)22)12(21)7-11-14(23)18-15(24)17-11/h1-3,6,11H,4-5,7-8H2,(H2,17,18,23,24). The van der Waals surface area contributed by atoms with E-state index in [2.05, 4.69) is 10.6 Å². The Morgan fingerprint density at radius 2 is 2.04 bits per heavy atom. The highest BCUT2D eigenvalue weighted by Gasteiger charge is 2.34. The number of nitrogens with zero attached hydrogens (tertiary/aromatic N) is 2. The summed E-state index contributed by atoms with van der Waals surface area (Å²) >= 11 is 5.94. The van der Waals surface area contributed by atoms with Gasteiger partial charge in [0.05, 0.1) is 6.42 Å². The third-order valence-corrected chi connectivity index (χ3v) is 4.17. The molecule has 2 N–H and O–H groups in total. The molecule has 2 aliphatic rings. The number of anilines is 1. The Balaban J connectivity index is 1.61. The van der Waals surface area contributed by atoms with E-state index in [0.29, 0.717) is 23.8 Å². The Morgan fingerprint density at radius 1 is 1.25 bits per heavy atom. The van der Waals surface area contributed by atoms with Gasteiger partial charge in [-0.15, -0.1) is 0 Å². The monoisotopic (exact) mass is 350 g/mol. The zero-order chi connectivity index (χ0) is 17.3. The van der Waals surface area contributed by atoms with E-state index < -0.39 is 18.0 Å². The lowest BCUT2D eigenvalue weighted by molar-refractivity contribution is -0.138. The van der Waals surface area contributed by atoms with E-state index in [4.69, 9.17) is 11.6 Å². The van der Waals surface area contributed by atoms with Gasteiger partial charge in [-0.1, -0.05) is 17.7 Å². The maximum absolute atomic E-state index is 12.3. The van der Waals surface area contributed by atoms with Crippen molar-refractivity contribution in [1.29, 1.82) is 0 Å². The van der Waals surface area contributed by atoms with Crippen LogP contribution in [0.3, 0.4) is 0 Å². The van der Waals surface area contributed by atoms with Gasteiger partial charge in [0.1, 0.15) is 12.6 Å². The number of carbonyl (C=O) groups is 4. The van der Waals surface area contributed by atoms with Gasteiger partial charge in [0.25, 0.3) is 5.91 Å². The molecule has 8 nitrogen and oxygen atoms in total. The van der Waals surface area contributed by atoms with Crippen LogP contribution in [-0.4, -0.2) is 54.3 Å². The zero-order valence-electron chi connectivity index (χ0n) is 12.6. The second-order valence-electron chi connectivity index (χ2n) is 5.56. The summed E-state index contributed by atoms with van der Waals surface area (Å²) < 4.78 is 0. The van der Waals surface area contributed by atoms with Crippen LogP contribution in [-0.2, 0) is 14.4 Å². The topological polar surface area (TPSA) is 98.8 Å². The predicted molar refractivity (Wildman–Crippen MR) is 85.5 cm³/mol. The molecular formula is C15H15ClN4O4. The van der Waals surface area contributed by atoms with E-state index in [1.165, 1.54) is 4.90 Å². The molecule has 0 radical (unpaired) electrons. The van der Waals surface area contributed by atoms with Gasteiger partial charge < -0.3 is 15.1 Å². The summed E-state index contributed by atoms with van der Waals surface area (Å²) in [6.07, 6.45) is -0.165. The Hall–Kier alpha value is -2.61. The fourth-order valence-corrected chi connectivity index (χ4v) is 2.89. The lowest BCUT2D eigenvalue weighted by atomic mass is 10.1. The van der Waals surface area contributed by atoms with E-state index in [0.717, 1.165) is 0 Å². The minimum atomic E-state index is -0.883. The number of piperazine rings is 1. The van der Waals surface area contributed by atoms with Gasteiger partial charge in [0, 0.05) is 23.8 Å². The molecule has 0 aromatic heterocycles. The molecule has 9 heteroatoms. The first-order valence-corrected chi connectivity index (χ1v) is 7.77. The summed E-state index contributed by atoms with van der Waals surface area (Å²) in [7, 11) is 0. The van der Waals surface area contributed by atoms with Crippen molar-refractivity contribution < 1.29 is 19.2 Å². The number of urea groups is 1. The van der Waals surface area contributed by atoms with Gasteiger partial charge in [-0.25, -0.2) is 4.79 Å². The number of amides is 5. The number of imide groups is 1. The highest BCUT2D eigenvalue weighted by Crippen LogP contribution is 2.21. The molecule has 1 aromatic rings. The lowest BCUT2D eigenvalue weighted by Crippen LogP contribution is -2.53. The molecule has 5 amide bonds. The van der Waals surface area contributed by atoms with Crippen LogP contribution in [0.2, 0.25) is 5.02 Å². The molecule has 2 fully saturated rings. The first-order valence-electron chi connectivity index (χ1n) is 7.39. The van der Waals surface area contributed by atoms with Crippen molar-refractivity contribution in [3.05, 3.63) is 29.3 Å². The molecule has 24 heavy (non-hydrogen) atoms. The van der Waals surface area contributed by atoms with Crippen molar-refractivity contribution in [3.8, 4) is 0 Å². The van der Waals surface area contributed by atoms with Crippen LogP contribution in [0.5, 0.6) is 0 Å². The highest BCUT2D eigenvalue weighted by atomic mass is 35.5. The van der Waals surface area contributed by atoms with Gasteiger partial charge in [-0.2, -0.15) is 0 Å². The molecule has 1 atom stereocenters. The van der Waals surface area contributed by atoms with Gasteiger partial charge in [0.2, 0.25) is 11.8 Å². The molecule has 126 valence electrons. The number of hydrogen-bond donors (Lipinski definition) is 2. The fraction of sp³-hybridized carbons (Fsp3) is 0.333. The molecule has 0 bridgehead atoms. The second-order valence-corrected chi connectivity index (χ2v) is 6.00. The Morgan fingerprint density at radius 3 is 2.67 bits per heavy atom. The quantitative estimate of drug-likeness (QED) is 0.756. The largest absolute Gasteiger partial charge is 0.331 e. The van der Waals surface area contributed by atoms with Crippen LogP contribution in [0.25, 0.3) is 0 Å². The van der Waals surface area contributed by atoms with Gasteiger partial charge >= 0.3 is 6.03 Å². The third kappa shape index (κ3) is 3.33. The van der Waals surface area contributed by atoms with Gasteiger partial charge in [0.15, 0.2) is 0 Å². The van der Waals surface area contributed by atoms with Crippen LogP contribution in [0, 0.1) is 0 Å². The maximum Gasteiger partial charge on any atom is 0.322 e. The van der Waals surface area contributed by atoms with E-state index in [1.54, 1.807) is 29.2 Å². The van der Waals surface area contributed by atoms with E-state index >= 15 is 0 Å². The highest BCUT2D eigenvalue weighted by molar-refractivity contribution is 6.30. The summed E-state index contributed by atoms with van der Waals surface area (Å²) in [4.78, 5) is 50.1. The minimum absolute atomic E-state index is 0.0758. The zero-order valence-corrected chi connectivity index (χ0v) is 13.4. The van der Waals surface area contributed by atoms with E-state index in [-0.39, 0.29) is 24.8 Å². The first kappa shape index (κ1) is 16.3. The minimum Gasteiger partial charge on any atom is -0.331 e. The molecule has 1 aromatic carbocycles. The summed E-state index contributed by atoms with van der Waals surface area (Å²) in [6.45, 7) is 0.612. The van der Waals surface area contributed by atoms with Crippen molar-refractivity contribution >= 4 is 41.0 Å². The van der Waals surface area contributed by atoms with Crippen LogP contribution in [0.15, 0.2) is 24.3 Å². The molecule has 3 rings (SSSR count). The molecule has 0 saturated carbocycles. The van der Waals surface area contributed by atoms with Crippen LogP contribution in [0.4, 0.5) is 10.5 Å². The van der Waals surface area contributed by atoms with Crippen molar-refractivity contribution in [2.24, 2.45) is 0 Å². The second kappa shape index (κ2) is 6.48. The van der Waals surface area contributed by atoms with E-state index in [9.17, 15) is 19.2 Å².